The van der Waals surface area contributed by atoms with Gasteiger partial charge in [0.15, 0.2) is 5.78 Å². The van der Waals surface area contributed by atoms with Crippen LogP contribution >= 0.6 is 0 Å². The second kappa shape index (κ2) is 8.15. The molecule has 6 heteroatoms. The Morgan fingerprint density at radius 2 is 1.32 bits per heavy atom. The Hall–Kier alpha value is -1.59. The highest BCUT2D eigenvalue weighted by Crippen LogP contribution is 2.10. The van der Waals surface area contributed by atoms with Gasteiger partial charge in [-0.2, -0.15) is 0 Å². The molecule has 2 amide bonds. The monoisotopic (exact) mass is 314 g/mol. The second-order valence-corrected chi connectivity index (χ2v) is 7.21. The Morgan fingerprint density at radius 1 is 0.864 bits per heavy atom. The van der Waals surface area contributed by atoms with Gasteiger partial charge in [-0.25, -0.2) is 4.79 Å². The molecule has 6 nitrogen and oxygen atoms in total. The molecule has 0 fully saturated rings. The van der Waals surface area contributed by atoms with E-state index in [1.807, 2.05) is 27.7 Å². The third-order valence-electron chi connectivity index (χ3n) is 3.02. The number of nitrogens with one attached hydrogen (secondary N) is 2. The lowest BCUT2D eigenvalue weighted by Crippen LogP contribution is -2.55. The van der Waals surface area contributed by atoms with Crippen LogP contribution in [0.3, 0.4) is 0 Å². The van der Waals surface area contributed by atoms with Crippen LogP contribution in [0, 0.1) is 11.8 Å². The number of ketones is 1. The molecule has 0 heterocycles. The summed E-state index contributed by atoms with van der Waals surface area (Å²) in [5.41, 5.74) is -0.637. The molecule has 1 unspecified atom stereocenters. The Morgan fingerprint density at radius 3 is 1.64 bits per heavy atom. The minimum absolute atomic E-state index is 0.0178. The quantitative estimate of drug-likeness (QED) is 0.787. The van der Waals surface area contributed by atoms with Crippen LogP contribution in [0.15, 0.2) is 0 Å². The highest BCUT2D eigenvalue weighted by Gasteiger charge is 2.30. The van der Waals surface area contributed by atoms with E-state index in [4.69, 9.17) is 4.74 Å². The Labute approximate surface area is 133 Å². The summed E-state index contributed by atoms with van der Waals surface area (Å²) in [4.78, 5) is 35.8. The zero-order valence-electron chi connectivity index (χ0n) is 14.9. The average molecular weight is 314 g/mol. The maximum absolute atomic E-state index is 12.4. The van der Waals surface area contributed by atoms with Gasteiger partial charge in [-0.3, -0.25) is 9.59 Å². The fourth-order valence-electron chi connectivity index (χ4n) is 1.95. The Kier molecular flexibility index (Phi) is 7.56. The summed E-state index contributed by atoms with van der Waals surface area (Å²) in [6.45, 7) is 14.1. The maximum Gasteiger partial charge on any atom is 0.408 e. The zero-order valence-corrected chi connectivity index (χ0v) is 14.9. The number of ether oxygens (including phenoxy) is 1. The van der Waals surface area contributed by atoms with Crippen molar-refractivity contribution >= 4 is 17.8 Å². The first-order chi connectivity index (χ1) is 9.85. The number of hydrogen-bond donors (Lipinski definition) is 2. The molecule has 2 N–H and O–H groups in total. The molecule has 22 heavy (non-hydrogen) atoms. The summed E-state index contributed by atoms with van der Waals surface area (Å²) < 4.78 is 5.17. The second-order valence-electron chi connectivity index (χ2n) is 7.21. The fraction of sp³-hybridized carbons (Fsp3) is 0.812. The lowest BCUT2D eigenvalue weighted by molar-refractivity contribution is -0.129. The van der Waals surface area contributed by atoms with Crippen LogP contribution in [-0.2, 0) is 14.3 Å². The van der Waals surface area contributed by atoms with Crippen molar-refractivity contribution in [2.24, 2.45) is 11.8 Å². The molecule has 0 aliphatic rings. The number of Topliss-reactive ketones (excluding diaryl/α,β-unsaturated/α-hetero) is 1. The molecule has 0 saturated heterocycles. The minimum Gasteiger partial charge on any atom is -0.444 e. The number of rotatable bonds is 6. The van der Waals surface area contributed by atoms with E-state index in [-0.39, 0.29) is 23.5 Å². The normalized spacial score (nSPS) is 14.5. The summed E-state index contributed by atoms with van der Waals surface area (Å²) in [6.07, 6.45) is -0.648. The molecule has 0 saturated carbocycles. The molecule has 0 radical (unpaired) electrons. The van der Waals surface area contributed by atoms with E-state index in [9.17, 15) is 14.4 Å². The minimum atomic E-state index is -0.754. The van der Waals surface area contributed by atoms with Crippen molar-refractivity contribution in [3.8, 4) is 0 Å². The smallest absolute Gasteiger partial charge is 0.408 e. The lowest BCUT2D eigenvalue weighted by atomic mass is 9.98. The topological polar surface area (TPSA) is 84.5 Å². The first-order valence-electron chi connectivity index (χ1n) is 7.65. The van der Waals surface area contributed by atoms with Crippen molar-refractivity contribution in [3.05, 3.63) is 0 Å². The summed E-state index contributed by atoms with van der Waals surface area (Å²) in [7, 11) is 0. The molecule has 0 rings (SSSR count). The van der Waals surface area contributed by atoms with Gasteiger partial charge in [-0.15, -0.1) is 0 Å². The Balaban J connectivity index is 4.92. The van der Waals surface area contributed by atoms with Gasteiger partial charge < -0.3 is 15.4 Å². The summed E-state index contributed by atoms with van der Waals surface area (Å²) >= 11 is 0. The third-order valence-corrected chi connectivity index (χ3v) is 3.02. The van der Waals surface area contributed by atoms with Crippen LogP contribution in [-0.4, -0.2) is 35.5 Å². The van der Waals surface area contributed by atoms with Crippen LogP contribution in [0.5, 0.6) is 0 Å². The summed E-state index contributed by atoms with van der Waals surface area (Å²) in [5.74, 6) is -0.638. The summed E-state index contributed by atoms with van der Waals surface area (Å²) in [5, 5.41) is 5.28. The number of carbonyl (C=O) groups excluding carboxylic acids is 3. The predicted molar refractivity (Wildman–Crippen MR) is 85.4 cm³/mol. The SMILES string of the molecule is CC(=O)[C@@H](NC(=O)C(NC(=O)OC(C)(C)C)C(C)C)C(C)C. The van der Waals surface area contributed by atoms with Crippen molar-refractivity contribution in [2.45, 2.75) is 73.1 Å². The van der Waals surface area contributed by atoms with Gasteiger partial charge >= 0.3 is 6.09 Å². The lowest BCUT2D eigenvalue weighted by Gasteiger charge is -2.27. The highest BCUT2D eigenvalue weighted by atomic mass is 16.6. The molecule has 0 aliphatic carbocycles. The molecular weight excluding hydrogens is 284 g/mol. The van der Waals surface area contributed by atoms with E-state index in [1.54, 1.807) is 20.8 Å². The van der Waals surface area contributed by atoms with Crippen LogP contribution in [0.25, 0.3) is 0 Å². The first kappa shape index (κ1) is 20.4. The van der Waals surface area contributed by atoms with Gasteiger partial charge in [0, 0.05) is 0 Å². The van der Waals surface area contributed by atoms with Gasteiger partial charge in [0.25, 0.3) is 0 Å². The molecule has 0 spiro atoms. The van der Waals surface area contributed by atoms with Crippen LogP contribution in [0.1, 0.15) is 55.4 Å². The van der Waals surface area contributed by atoms with Crippen molar-refractivity contribution < 1.29 is 19.1 Å². The zero-order chi connectivity index (χ0) is 17.7. The fourth-order valence-corrected chi connectivity index (χ4v) is 1.95. The molecular formula is C16H30N2O4. The van der Waals surface area contributed by atoms with Crippen molar-refractivity contribution in [1.29, 1.82) is 0 Å². The van der Waals surface area contributed by atoms with E-state index < -0.39 is 23.8 Å². The number of carbonyl (C=O) groups is 3. The molecule has 0 bridgehead atoms. The summed E-state index contributed by atoms with van der Waals surface area (Å²) in [6, 6.07) is -1.32. The van der Waals surface area contributed by atoms with E-state index in [0.29, 0.717) is 0 Å². The third kappa shape index (κ3) is 7.43. The number of amides is 2. The average Bonchev–Trinajstić information content (AvgIpc) is 2.29. The predicted octanol–water partition coefficient (Wildman–Crippen LogP) is 2.27. The van der Waals surface area contributed by atoms with E-state index in [0.717, 1.165) is 0 Å². The van der Waals surface area contributed by atoms with Gasteiger partial charge in [0.1, 0.15) is 11.6 Å². The molecule has 0 aromatic rings. The van der Waals surface area contributed by atoms with Gasteiger partial charge in [0.05, 0.1) is 6.04 Å². The van der Waals surface area contributed by atoms with E-state index >= 15 is 0 Å². The van der Waals surface area contributed by atoms with Crippen molar-refractivity contribution in [1.82, 2.24) is 10.6 Å². The molecule has 0 aromatic heterocycles. The molecule has 0 aromatic carbocycles. The Bertz CT molecular complexity index is 411. The molecule has 0 aliphatic heterocycles. The van der Waals surface area contributed by atoms with Crippen LogP contribution in [0.4, 0.5) is 4.79 Å². The van der Waals surface area contributed by atoms with Crippen LogP contribution in [0.2, 0.25) is 0 Å². The largest absolute Gasteiger partial charge is 0.444 e. The first-order valence-corrected chi connectivity index (χ1v) is 7.65. The molecule has 2 atom stereocenters. The number of alkyl carbamates (subject to hydrolysis) is 1. The molecule has 128 valence electrons. The maximum atomic E-state index is 12.4. The van der Waals surface area contributed by atoms with Gasteiger partial charge in [-0.05, 0) is 39.5 Å². The van der Waals surface area contributed by atoms with E-state index in [2.05, 4.69) is 10.6 Å². The highest BCUT2D eigenvalue weighted by molar-refractivity contribution is 5.91. The van der Waals surface area contributed by atoms with E-state index in [1.165, 1.54) is 6.92 Å². The van der Waals surface area contributed by atoms with Crippen molar-refractivity contribution in [2.75, 3.05) is 0 Å². The van der Waals surface area contributed by atoms with Crippen molar-refractivity contribution in [3.63, 3.8) is 0 Å². The standard InChI is InChI=1S/C16H30N2O4/c1-9(2)12(11(5)19)17-14(20)13(10(3)4)18-15(21)22-16(6,7)8/h9-10,12-13H,1-8H3,(H,17,20)(H,18,21)/t12-,13?/m0/s1. The van der Waals surface area contributed by atoms with Gasteiger partial charge in [-0.1, -0.05) is 27.7 Å². The van der Waals surface area contributed by atoms with Gasteiger partial charge in [0.2, 0.25) is 5.91 Å². The van der Waals surface area contributed by atoms with Crippen LogP contribution < -0.4 is 10.6 Å². The number of hydrogen-bond acceptors (Lipinski definition) is 4.